The molecular formula is C34H34Cl2F3NO12. The number of halogens is 5. The zero-order valence-electron chi connectivity index (χ0n) is 28.4. The number of fused-ring (bicyclic) bond motifs is 1. The first-order chi connectivity index (χ1) is 24.4. The lowest BCUT2D eigenvalue weighted by Gasteiger charge is -2.43. The third kappa shape index (κ3) is 9.66. The Morgan fingerprint density at radius 2 is 1.46 bits per heavy atom. The Morgan fingerprint density at radius 1 is 0.827 bits per heavy atom. The van der Waals surface area contributed by atoms with Crippen molar-refractivity contribution >= 4 is 64.0 Å². The Morgan fingerprint density at radius 3 is 2.04 bits per heavy atom. The number of hydrogen-bond donors (Lipinski definition) is 0. The molecule has 2 aromatic carbocycles. The quantitative estimate of drug-likeness (QED) is 0.119. The van der Waals surface area contributed by atoms with Gasteiger partial charge in [-0.25, -0.2) is 4.79 Å². The fourth-order valence-corrected chi connectivity index (χ4v) is 5.93. The van der Waals surface area contributed by atoms with Gasteiger partial charge in [-0.1, -0.05) is 42.6 Å². The standard InChI is InChI=1S/C34H34Cl2F3NO12/c1-6-7-10-46-32(45)27-14-23-24(34(37,38)39)11-20(22-9-8-21(35)13-25(22)36)12-26(23)40(27)52-33-31(50-19(5)44)30(49-18(4)43)29(48-17(3)42)28(51-33)15-47-16(2)41/h8-9,11-14,28-31,33H,6-7,10,15H2,1-5H3/t28-,29-,30+,31-,33+/m1/s1. The van der Waals surface area contributed by atoms with Gasteiger partial charge in [-0.05, 0) is 42.3 Å². The first kappa shape index (κ1) is 40.2. The Labute approximate surface area is 305 Å². The van der Waals surface area contributed by atoms with E-state index in [4.69, 9.17) is 56.5 Å². The molecule has 0 N–H and O–H groups in total. The molecule has 4 rings (SSSR count). The number of nitrogens with zero attached hydrogens (tertiary/aromatic N) is 1. The topological polar surface area (TPSA) is 155 Å². The van der Waals surface area contributed by atoms with E-state index >= 15 is 0 Å². The highest BCUT2D eigenvalue weighted by Gasteiger charge is 2.54. The molecule has 1 aromatic heterocycles. The number of unbranched alkanes of at least 4 members (excludes halogenated alkanes) is 1. The van der Waals surface area contributed by atoms with Crippen molar-refractivity contribution in [2.75, 3.05) is 13.2 Å². The number of benzene rings is 2. The second-order valence-electron chi connectivity index (χ2n) is 11.6. The molecule has 0 amide bonds. The van der Waals surface area contributed by atoms with Gasteiger partial charge in [-0.2, -0.15) is 17.9 Å². The van der Waals surface area contributed by atoms with Gasteiger partial charge in [0.15, 0.2) is 17.9 Å². The smallest absolute Gasteiger partial charge is 0.417 e. The second-order valence-corrected chi connectivity index (χ2v) is 12.4. The first-order valence-electron chi connectivity index (χ1n) is 15.8. The van der Waals surface area contributed by atoms with Crippen LogP contribution in [0.4, 0.5) is 13.2 Å². The molecule has 13 nitrogen and oxygen atoms in total. The summed E-state index contributed by atoms with van der Waals surface area (Å²) in [5.74, 6) is -4.65. The maximum Gasteiger partial charge on any atom is 0.417 e. The minimum absolute atomic E-state index is 0.0118. The predicted molar refractivity (Wildman–Crippen MR) is 176 cm³/mol. The molecule has 0 spiro atoms. The van der Waals surface area contributed by atoms with Crippen LogP contribution in [-0.4, -0.2) is 78.5 Å². The van der Waals surface area contributed by atoms with E-state index in [-0.39, 0.29) is 33.3 Å². The van der Waals surface area contributed by atoms with Crippen LogP contribution in [0.1, 0.15) is 63.5 Å². The Balaban J connectivity index is 1.99. The van der Waals surface area contributed by atoms with E-state index in [9.17, 15) is 37.1 Å². The van der Waals surface area contributed by atoms with Crippen molar-refractivity contribution in [1.29, 1.82) is 0 Å². The zero-order chi connectivity index (χ0) is 38.5. The number of carbonyl (C=O) groups is 5. The summed E-state index contributed by atoms with van der Waals surface area (Å²) in [4.78, 5) is 68.2. The van der Waals surface area contributed by atoms with Crippen LogP contribution in [-0.2, 0) is 53.8 Å². The molecule has 1 saturated heterocycles. The molecule has 0 saturated carbocycles. The molecular weight excluding hydrogens is 742 g/mol. The SMILES string of the molecule is CCCCOC(=O)c1cc2c(C(F)(F)F)cc(-c3ccc(Cl)cc3Cl)cc2n1O[C@@H]1O[C@H](COC(C)=O)[C@@H](OC(C)=O)[C@H](OC(C)=O)[C@H]1OC(C)=O. The molecule has 2 heterocycles. The molecule has 18 heteroatoms. The summed E-state index contributed by atoms with van der Waals surface area (Å²) in [7, 11) is 0. The van der Waals surface area contributed by atoms with Crippen molar-refractivity contribution in [3.63, 3.8) is 0 Å². The highest BCUT2D eigenvalue weighted by molar-refractivity contribution is 6.36. The lowest BCUT2D eigenvalue weighted by atomic mass is 9.98. The van der Waals surface area contributed by atoms with E-state index in [0.717, 1.165) is 39.8 Å². The molecule has 1 aliphatic heterocycles. The third-order valence-corrected chi connectivity index (χ3v) is 8.07. The molecule has 52 heavy (non-hydrogen) atoms. The van der Waals surface area contributed by atoms with Gasteiger partial charge in [0.05, 0.1) is 17.7 Å². The average molecular weight is 777 g/mol. The maximum atomic E-state index is 14.7. The van der Waals surface area contributed by atoms with Crippen LogP contribution in [0.5, 0.6) is 0 Å². The van der Waals surface area contributed by atoms with Gasteiger partial charge in [-0.3, -0.25) is 19.2 Å². The number of rotatable bonds is 12. The number of alkyl halides is 3. The Hall–Kier alpha value is -4.54. The van der Waals surface area contributed by atoms with Gasteiger partial charge in [0.1, 0.15) is 12.7 Å². The van der Waals surface area contributed by atoms with Crippen LogP contribution in [0.25, 0.3) is 22.0 Å². The largest absolute Gasteiger partial charge is 0.463 e. The highest BCUT2D eigenvalue weighted by atomic mass is 35.5. The van der Waals surface area contributed by atoms with Gasteiger partial charge in [0, 0.05) is 48.7 Å². The van der Waals surface area contributed by atoms with Crippen molar-refractivity contribution in [3.8, 4) is 11.1 Å². The number of ether oxygens (including phenoxy) is 6. The van der Waals surface area contributed by atoms with Crippen LogP contribution in [0.15, 0.2) is 36.4 Å². The van der Waals surface area contributed by atoms with E-state index in [1.165, 1.54) is 24.3 Å². The second kappa shape index (κ2) is 16.9. The van der Waals surface area contributed by atoms with E-state index in [2.05, 4.69) is 0 Å². The van der Waals surface area contributed by atoms with Crippen LogP contribution >= 0.6 is 23.2 Å². The molecule has 0 unspecified atom stereocenters. The number of carbonyl (C=O) groups excluding carboxylic acids is 5. The summed E-state index contributed by atoms with van der Waals surface area (Å²) < 4.78 is 77.5. The van der Waals surface area contributed by atoms with E-state index in [1.807, 2.05) is 6.92 Å². The van der Waals surface area contributed by atoms with Crippen molar-refractivity contribution in [1.82, 2.24) is 4.73 Å². The minimum Gasteiger partial charge on any atom is -0.463 e. The summed E-state index contributed by atoms with van der Waals surface area (Å²) >= 11 is 12.4. The molecule has 0 aliphatic carbocycles. The molecule has 282 valence electrons. The summed E-state index contributed by atoms with van der Waals surface area (Å²) in [5.41, 5.74) is -1.98. The summed E-state index contributed by atoms with van der Waals surface area (Å²) in [5, 5.41) is -0.273. The molecule has 5 atom stereocenters. The minimum atomic E-state index is -4.98. The lowest BCUT2D eigenvalue weighted by molar-refractivity contribution is -0.306. The summed E-state index contributed by atoms with van der Waals surface area (Å²) in [6, 6.07) is 7.16. The maximum absolute atomic E-state index is 14.7. The summed E-state index contributed by atoms with van der Waals surface area (Å²) in [6.45, 7) is 5.23. The van der Waals surface area contributed by atoms with Crippen molar-refractivity contribution in [2.24, 2.45) is 0 Å². The van der Waals surface area contributed by atoms with Crippen LogP contribution in [0, 0.1) is 0 Å². The van der Waals surface area contributed by atoms with Crippen molar-refractivity contribution in [2.45, 2.75) is 84.3 Å². The normalized spacial score (nSPS) is 20.2. The van der Waals surface area contributed by atoms with Gasteiger partial charge < -0.3 is 33.3 Å². The van der Waals surface area contributed by atoms with Crippen LogP contribution in [0.3, 0.4) is 0 Å². The number of esters is 5. The lowest BCUT2D eigenvalue weighted by Crippen LogP contribution is -2.64. The van der Waals surface area contributed by atoms with Gasteiger partial charge in [-0.15, -0.1) is 0 Å². The fraction of sp³-hybridized carbons (Fsp3) is 0.441. The highest BCUT2D eigenvalue weighted by Crippen LogP contribution is 2.41. The van der Waals surface area contributed by atoms with E-state index in [1.54, 1.807) is 0 Å². The zero-order valence-corrected chi connectivity index (χ0v) is 29.9. The molecule has 3 aromatic rings. The van der Waals surface area contributed by atoms with E-state index < -0.39 is 90.0 Å². The van der Waals surface area contributed by atoms with Gasteiger partial charge in [0.2, 0.25) is 6.10 Å². The van der Waals surface area contributed by atoms with Crippen molar-refractivity contribution < 1.29 is 70.4 Å². The van der Waals surface area contributed by atoms with Gasteiger partial charge in [0.25, 0.3) is 6.29 Å². The Bertz CT molecular complexity index is 1850. The third-order valence-electron chi connectivity index (χ3n) is 7.52. The summed E-state index contributed by atoms with van der Waals surface area (Å²) in [6.07, 6.45) is -12.3. The van der Waals surface area contributed by atoms with Crippen LogP contribution < -0.4 is 4.84 Å². The average Bonchev–Trinajstić information content (AvgIpc) is 3.39. The monoisotopic (exact) mass is 775 g/mol. The Kier molecular flexibility index (Phi) is 13.0. The molecule has 1 aliphatic rings. The molecule has 0 radical (unpaired) electrons. The predicted octanol–water partition coefficient (Wildman–Crippen LogP) is 6.10. The van der Waals surface area contributed by atoms with Crippen LogP contribution in [0.2, 0.25) is 10.0 Å². The van der Waals surface area contributed by atoms with Gasteiger partial charge >= 0.3 is 36.0 Å². The van der Waals surface area contributed by atoms with E-state index in [0.29, 0.717) is 17.6 Å². The number of hydrogen-bond acceptors (Lipinski definition) is 12. The fourth-order valence-electron chi connectivity index (χ4n) is 5.41. The van der Waals surface area contributed by atoms with Crippen molar-refractivity contribution in [3.05, 3.63) is 57.7 Å². The number of aromatic nitrogens is 1. The first-order valence-corrected chi connectivity index (χ1v) is 16.5. The molecule has 0 bridgehead atoms. The molecule has 1 fully saturated rings.